The Morgan fingerprint density at radius 3 is 1.90 bits per heavy atom. The summed E-state index contributed by atoms with van der Waals surface area (Å²) in [6.07, 6.45) is 14.7. The fourth-order valence-electron chi connectivity index (χ4n) is 12.4. The van der Waals surface area contributed by atoms with Gasteiger partial charge in [0, 0.05) is 110 Å². The smallest absolute Gasteiger partial charge is 0.425 e. The number of amides is 4. The van der Waals surface area contributed by atoms with E-state index in [4.69, 9.17) is 32.1 Å². The largest absolute Gasteiger partial charge is 0.493 e. The van der Waals surface area contributed by atoms with Gasteiger partial charge in [0.05, 0.1) is 27.9 Å². The number of unbranched alkanes of at least 4 members (excludes halogenated alkanes) is 4. The van der Waals surface area contributed by atoms with Crippen molar-refractivity contribution in [2.75, 3.05) is 37.7 Å². The topological polar surface area (TPSA) is 418 Å². The third kappa shape index (κ3) is 25.1. The Morgan fingerprint density at radius 1 is 0.680 bits per heavy atom. The van der Waals surface area contributed by atoms with Crippen LogP contribution in [0.5, 0.6) is 0 Å². The molecule has 0 bridgehead atoms. The van der Waals surface area contributed by atoms with Crippen LogP contribution in [-0.2, 0) is 86.4 Å². The lowest BCUT2D eigenvalue weighted by Gasteiger charge is -2.28. The fraction of sp³-hybridized carbons (Fsp3) is 0.438. The van der Waals surface area contributed by atoms with E-state index in [0.717, 1.165) is 88.3 Å². The normalized spacial score (nSPS) is 15.6. The molecule has 0 radical (unpaired) electrons. The van der Waals surface area contributed by atoms with E-state index in [1.165, 1.54) is 18.2 Å². The summed E-state index contributed by atoms with van der Waals surface area (Å²) in [6.45, 7) is 14.2. The number of Topliss-reactive ketones (excluding diaryl/α,β-unsaturated/α-hetero) is 2. The Morgan fingerprint density at radius 2 is 1.28 bits per heavy atom. The Hall–Kier alpha value is -9.58. The maximum Gasteiger partial charge on any atom is 0.425 e. The summed E-state index contributed by atoms with van der Waals surface area (Å²) in [7, 11) is -12.1. The molecule has 0 aliphatic carbocycles. The molecule has 4 amide bonds. The molecule has 0 unspecified atom stereocenters. The standard InChI is InChI=1S/C72H90N6O16S2.CO2.O3S/c1-7-9-16-43-78-60-34-31-54(96(91,92)93)47-56(60)72(5,6)64(78)37-35-62-67(50(39-44-94-62)29-36-63-71(3,4)55-46-53(95(88,89)90)30-33-59(55)77(63)42-10-8-2)49-25-27-51(28-26-49)68(84)73-40-18-23-61(80)58(45-48-19-12-11-13-20-48)75-65(81)24-15-14-21-52(79)22-17-41-74-70(87)76-57(69(85)86)32-38-66(82)83;2-1-3;1-4(2)3/h11-13,19-20,25-31,33-37,46-47,57-58H,7-10,14-18,21-24,32,38-45H2,1-6H3,(H7-,73,74,75,76,81,82,83,84,85,86,87,88,89,90,91,92,93);;/p+1/t57-,58+;;/m1../s1. The fourth-order valence-corrected chi connectivity index (χ4v) is 13.4. The van der Waals surface area contributed by atoms with Crippen molar-refractivity contribution in [1.29, 1.82) is 0 Å². The van der Waals surface area contributed by atoms with Crippen molar-refractivity contribution in [3.05, 3.63) is 160 Å². The molecule has 0 aromatic heterocycles. The Kier molecular flexibility index (Phi) is 32.4. The minimum Gasteiger partial charge on any atom is -0.493 e. The van der Waals surface area contributed by atoms with Crippen LogP contribution in [0.25, 0.3) is 5.57 Å². The highest BCUT2D eigenvalue weighted by atomic mass is 32.2. The second-order valence-electron chi connectivity index (χ2n) is 25.8. The molecular formula is C73H91N6O21S3+. The number of ether oxygens (including phenoxy) is 1. The van der Waals surface area contributed by atoms with Crippen molar-refractivity contribution >= 4 is 101 Å². The number of nitrogens with one attached hydrogen (secondary N) is 4. The second-order valence-corrected chi connectivity index (χ2v) is 29.0. The SMILES string of the molecule is CCCCCN1C(=CC=C2OCCC(C=CC3=[N+](CCCC)c4ccc(S(=O)(=O)O)cc4C3(C)C)=C2c2ccc(C(=O)NCCCC(=O)[C@H](Cc3ccccc3)NC(=O)CCCCC(=O)CCCNC(=O)N[C@H](CCC(=O)O)C(=O)O)cc2)C(C)(C)c2cc(S(=O)(=O)O)ccc21.O=C=O.O=S(=O)=O. The van der Waals surface area contributed by atoms with Gasteiger partial charge in [0.25, 0.3) is 26.1 Å². The van der Waals surface area contributed by atoms with Crippen LogP contribution in [0.4, 0.5) is 16.2 Å². The van der Waals surface area contributed by atoms with Gasteiger partial charge in [-0.25, -0.2) is 9.59 Å². The second kappa shape index (κ2) is 39.7. The summed E-state index contributed by atoms with van der Waals surface area (Å²) < 4.78 is 104. The molecule has 0 saturated heterocycles. The molecule has 0 fully saturated rings. The van der Waals surface area contributed by atoms with Gasteiger partial charge in [-0.05, 0) is 136 Å². The number of urea groups is 1. The first-order valence-corrected chi connectivity index (χ1v) is 37.7. The van der Waals surface area contributed by atoms with Crippen LogP contribution < -0.4 is 26.2 Å². The van der Waals surface area contributed by atoms with Crippen molar-refractivity contribution < 1.29 is 101 Å². The predicted octanol–water partition coefficient (Wildman–Crippen LogP) is 9.29. The molecule has 4 aromatic carbocycles. The Balaban J connectivity index is 0.00000261. The molecule has 8 N–H and O–H groups in total. The number of benzene rings is 4. The van der Waals surface area contributed by atoms with Crippen LogP contribution in [0.3, 0.4) is 0 Å². The number of anilines is 1. The average molecular weight is 1480 g/mol. The molecule has 103 heavy (non-hydrogen) atoms. The highest BCUT2D eigenvalue weighted by Crippen LogP contribution is 2.49. The van der Waals surface area contributed by atoms with Gasteiger partial charge in [-0.15, -0.1) is 12.6 Å². The third-order valence-corrected chi connectivity index (χ3v) is 19.4. The minimum atomic E-state index is -4.50. The summed E-state index contributed by atoms with van der Waals surface area (Å²) in [5.41, 5.74) is 7.21. The summed E-state index contributed by atoms with van der Waals surface area (Å²) in [5, 5.41) is 28.6. The monoisotopic (exact) mass is 1480 g/mol. The van der Waals surface area contributed by atoms with Crippen LogP contribution in [0, 0.1) is 0 Å². The van der Waals surface area contributed by atoms with E-state index >= 15 is 0 Å². The maximum atomic E-state index is 13.9. The van der Waals surface area contributed by atoms with E-state index in [-0.39, 0.29) is 104 Å². The van der Waals surface area contributed by atoms with Crippen LogP contribution in [0.1, 0.15) is 177 Å². The maximum absolute atomic E-state index is 13.9. The summed E-state index contributed by atoms with van der Waals surface area (Å²) in [6, 6.07) is 22.8. The van der Waals surface area contributed by atoms with Gasteiger partial charge < -0.3 is 41.1 Å². The molecule has 2 atom stereocenters. The lowest BCUT2D eigenvalue weighted by Crippen LogP contribution is -2.46. The van der Waals surface area contributed by atoms with Crippen molar-refractivity contribution in [2.24, 2.45) is 0 Å². The van der Waals surface area contributed by atoms with Gasteiger partial charge in [-0.3, -0.25) is 33.1 Å². The summed E-state index contributed by atoms with van der Waals surface area (Å²) >= 11 is 0. The number of allylic oxidation sites excluding steroid dienone is 6. The molecule has 556 valence electrons. The van der Waals surface area contributed by atoms with Crippen molar-refractivity contribution in [1.82, 2.24) is 21.3 Å². The molecule has 7 rings (SSSR count). The van der Waals surface area contributed by atoms with E-state index < -0.39 is 78.1 Å². The lowest BCUT2D eigenvalue weighted by atomic mass is 9.81. The number of fused-ring (bicyclic) bond motifs is 2. The van der Waals surface area contributed by atoms with Gasteiger partial charge in [0.2, 0.25) is 11.6 Å². The zero-order valence-electron chi connectivity index (χ0n) is 58.5. The first-order chi connectivity index (χ1) is 48.7. The van der Waals surface area contributed by atoms with Gasteiger partial charge in [-0.2, -0.15) is 31.0 Å². The van der Waals surface area contributed by atoms with Gasteiger partial charge >= 0.3 is 34.7 Å². The zero-order valence-corrected chi connectivity index (χ0v) is 61.0. The molecule has 0 saturated carbocycles. The molecule has 3 aliphatic heterocycles. The van der Waals surface area contributed by atoms with Gasteiger partial charge in [-0.1, -0.05) is 95.5 Å². The first-order valence-electron chi connectivity index (χ1n) is 33.8. The quantitative estimate of drug-likeness (QED) is 0.0119. The lowest BCUT2D eigenvalue weighted by molar-refractivity contribution is -0.438. The first kappa shape index (κ1) is 84.1. The third-order valence-electron chi connectivity index (χ3n) is 17.7. The molecular weight excluding hydrogens is 1390 g/mol. The van der Waals surface area contributed by atoms with E-state index in [2.05, 4.69) is 56.7 Å². The number of hydrogen-bond donors (Lipinski definition) is 8. The van der Waals surface area contributed by atoms with Crippen LogP contribution in [0.15, 0.2) is 142 Å². The van der Waals surface area contributed by atoms with Gasteiger partial charge in [0.15, 0.2) is 11.5 Å². The Bertz CT molecular complexity index is 4290. The number of hydrogen-bond acceptors (Lipinski definition) is 18. The number of carbonyl (C=O) groups excluding carboxylic acids is 7. The summed E-state index contributed by atoms with van der Waals surface area (Å²) in [5.74, 6) is -3.05. The van der Waals surface area contributed by atoms with Gasteiger partial charge in [0.1, 0.15) is 24.1 Å². The molecule has 27 nitrogen and oxygen atoms in total. The number of carboxylic acids is 2. The number of rotatable bonds is 36. The molecule has 0 spiro atoms. The highest BCUT2D eigenvalue weighted by Gasteiger charge is 2.45. The van der Waals surface area contributed by atoms with Crippen LogP contribution in [0.2, 0.25) is 0 Å². The van der Waals surface area contributed by atoms with E-state index in [0.29, 0.717) is 50.3 Å². The number of ketones is 2. The molecule has 4 aromatic rings. The van der Waals surface area contributed by atoms with Crippen molar-refractivity contribution in [3.8, 4) is 0 Å². The number of carbonyl (C=O) groups is 7. The predicted molar refractivity (Wildman–Crippen MR) is 380 cm³/mol. The Labute approximate surface area is 601 Å². The van der Waals surface area contributed by atoms with Crippen LogP contribution in [-0.4, -0.2) is 151 Å². The average Bonchev–Trinajstić information content (AvgIpc) is 1.60. The van der Waals surface area contributed by atoms with Crippen molar-refractivity contribution in [3.63, 3.8) is 0 Å². The highest BCUT2D eigenvalue weighted by molar-refractivity contribution is 7.86. The van der Waals surface area contributed by atoms with E-state index in [1.54, 1.807) is 30.3 Å². The van der Waals surface area contributed by atoms with Crippen molar-refractivity contribution in [2.45, 2.75) is 183 Å². The van der Waals surface area contributed by atoms with E-state index in [1.807, 2.05) is 82.3 Å². The van der Waals surface area contributed by atoms with E-state index in [9.17, 15) is 64.6 Å². The number of carboxylic acid groups (broad SMARTS) is 2. The molecule has 3 aliphatic rings. The zero-order chi connectivity index (χ0) is 76.2. The molecule has 3 heterocycles. The summed E-state index contributed by atoms with van der Waals surface area (Å²) in [4.78, 5) is 106. The number of nitrogens with zero attached hydrogens (tertiary/aromatic N) is 2. The number of aliphatic carboxylic acids is 2. The van der Waals surface area contributed by atoms with Crippen LogP contribution >= 0.6 is 0 Å². The molecule has 30 heteroatoms. The minimum absolute atomic E-state index is 0.0539.